The first-order valence-electron chi connectivity index (χ1n) is 11.0. The number of nitrogens with zero attached hydrogens (tertiary/aromatic N) is 3. The maximum Gasteiger partial charge on any atom is 0.251 e. The fraction of sp³-hybridized carbons (Fsp3) is 0.333. The highest BCUT2D eigenvalue weighted by Gasteiger charge is 2.20. The Bertz CT molecular complexity index is 1130. The average molecular weight is 452 g/mol. The topological polar surface area (TPSA) is 109 Å². The standard InChI is InChI=1S/C24H26FN5O3/c25-20-9-7-18(8-10-20)24(32)26-14-21-15-30(29-27-21)22(13-23(31)28-33)12-16-5-6-17-3-1-2-4-19(17)11-16/h5-11,15,22,33H,1-4,12-14H2,(H,26,32)(H,28,31). The number of halogens is 1. The Balaban J connectivity index is 1.44. The van der Waals surface area contributed by atoms with Crippen LogP contribution in [-0.4, -0.2) is 32.0 Å². The third-order valence-electron chi connectivity index (χ3n) is 5.90. The molecule has 1 aliphatic rings. The highest BCUT2D eigenvalue weighted by atomic mass is 19.1. The zero-order valence-corrected chi connectivity index (χ0v) is 18.1. The van der Waals surface area contributed by atoms with E-state index in [1.54, 1.807) is 16.4 Å². The van der Waals surface area contributed by atoms with Crippen LogP contribution in [0.15, 0.2) is 48.7 Å². The van der Waals surface area contributed by atoms with Crippen LogP contribution in [-0.2, 0) is 30.6 Å². The minimum atomic E-state index is -0.514. The summed E-state index contributed by atoms with van der Waals surface area (Å²) in [5.74, 6) is -1.28. The monoisotopic (exact) mass is 451 g/mol. The Morgan fingerprint density at radius 1 is 1.09 bits per heavy atom. The van der Waals surface area contributed by atoms with E-state index in [-0.39, 0.29) is 24.9 Å². The molecule has 1 atom stereocenters. The fourth-order valence-corrected chi connectivity index (χ4v) is 4.15. The van der Waals surface area contributed by atoms with Crippen molar-refractivity contribution in [3.8, 4) is 0 Å². The molecule has 9 heteroatoms. The second-order valence-corrected chi connectivity index (χ2v) is 8.29. The Morgan fingerprint density at radius 3 is 2.61 bits per heavy atom. The van der Waals surface area contributed by atoms with E-state index in [4.69, 9.17) is 5.21 Å². The van der Waals surface area contributed by atoms with Gasteiger partial charge in [-0.05, 0) is 73.1 Å². The van der Waals surface area contributed by atoms with Gasteiger partial charge in [0, 0.05) is 5.56 Å². The highest BCUT2D eigenvalue weighted by Crippen LogP contribution is 2.25. The predicted molar refractivity (Wildman–Crippen MR) is 118 cm³/mol. The van der Waals surface area contributed by atoms with Gasteiger partial charge < -0.3 is 5.32 Å². The molecule has 2 amide bonds. The quantitative estimate of drug-likeness (QED) is 0.360. The molecule has 0 spiro atoms. The van der Waals surface area contributed by atoms with E-state index in [1.165, 1.54) is 48.2 Å². The predicted octanol–water partition coefficient (Wildman–Crippen LogP) is 2.91. The molecule has 0 aliphatic heterocycles. The molecule has 1 heterocycles. The molecule has 1 aliphatic carbocycles. The van der Waals surface area contributed by atoms with E-state index in [2.05, 4.69) is 33.8 Å². The van der Waals surface area contributed by atoms with Crippen molar-refractivity contribution in [2.45, 2.75) is 51.1 Å². The van der Waals surface area contributed by atoms with E-state index >= 15 is 0 Å². The first kappa shape index (κ1) is 22.6. The van der Waals surface area contributed by atoms with E-state index in [9.17, 15) is 14.0 Å². The third kappa shape index (κ3) is 5.81. The first-order valence-corrected chi connectivity index (χ1v) is 11.0. The molecular formula is C24H26FN5O3. The van der Waals surface area contributed by atoms with Crippen LogP contribution in [0, 0.1) is 5.82 Å². The number of hydroxylamine groups is 1. The number of benzene rings is 2. The van der Waals surface area contributed by atoms with Crippen molar-refractivity contribution in [1.29, 1.82) is 0 Å². The molecule has 3 N–H and O–H groups in total. The Morgan fingerprint density at radius 2 is 1.85 bits per heavy atom. The molecule has 4 rings (SSSR count). The molecule has 2 aromatic carbocycles. The molecule has 0 saturated heterocycles. The van der Waals surface area contributed by atoms with Gasteiger partial charge in [0.2, 0.25) is 5.91 Å². The average Bonchev–Trinajstić information content (AvgIpc) is 3.31. The van der Waals surface area contributed by atoms with Crippen molar-refractivity contribution >= 4 is 11.8 Å². The minimum absolute atomic E-state index is 0.0261. The maximum atomic E-state index is 13.0. The molecular weight excluding hydrogens is 425 g/mol. The van der Waals surface area contributed by atoms with Gasteiger partial charge in [-0.3, -0.25) is 14.8 Å². The van der Waals surface area contributed by atoms with Crippen LogP contribution >= 0.6 is 0 Å². The Hall–Kier alpha value is -3.59. The summed E-state index contributed by atoms with van der Waals surface area (Å²) >= 11 is 0. The summed E-state index contributed by atoms with van der Waals surface area (Å²) in [4.78, 5) is 24.2. The molecule has 8 nitrogen and oxygen atoms in total. The summed E-state index contributed by atoms with van der Waals surface area (Å²) in [5.41, 5.74) is 6.37. The van der Waals surface area contributed by atoms with Gasteiger partial charge in [0.15, 0.2) is 0 Å². The van der Waals surface area contributed by atoms with Crippen LogP contribution in [0.5, 0.6) is 0 Å². The number of nitrogens with one attached hydrogen (secondary N) is 2. The summed E-state index contributed by atoms with van der Waals surface area (Å²) in [6, 6.07) is 11.3. The minimum Gasteiger partial charge on any atom is -0.346 e. The molecule has 1 aromatic heterocycles. The van der Waals surface area contributed by atoms with Gasteiger partial charge in [-0.2, -0.15) is 0 Å². The van der Waals surface area contributed by atoms with E-state index < -0.39 is 11.7 Å². The zero-order chi connectivity index (χ0) is 23.2. The van der Waals surface area contributed by atoms with Crippen molar-refractivity contribution < 1.29 is 19.2 Å². The maximum absolute atomic E-state index is 13.0. The van der Waals surface area contributed by atoms with Crippen LogP contribution in [0.1, 0.15) is 58.0 Å². The van der Waals surface area contributed by atoms with E-state index in [1.807, 2.05) is 0 Å². The number of rotatable bonds is 8. The van der Waals surface area contributed by atoms with Crippen LogP contribution in [0.25, 0.3) is 0 Å². The number of carbonyl (C=O) groups excluding carboxylic acids is 2. The third-order valence-corrected chi connectivity index (χ3v) is 5.90. The van der Waals surface area contributed by atoms with Crippen molar-refractivity contribution in [3.63, 3.8) is 0 Å². The molecule has 0 radical (unpaired) electrons. The van der Waals surface area contributed by atoms with Gasteiger partial charge in [-0.15, -0.1) is 5.10 Å². The van der Waals surface area contributed by atoms with Crippen LogP contribution in [0.4, 0.5) is 4.39 Å². The first-order chi connectivity index (χ1) is 16.0. The number of hydrogen-bond acceptors (Lipinski definition) is 5. The number of fused-ring (bicyclic) bond motifs is 1. The molecule has 3 aromatic rings. The van der Waals surface area contributed by atoms with Crippen LogP contribution in [0.3, 0.4) is 0 Å². The number of aromatic nitrogens is 3. The summed E-state index contributed by atoms with van der Waals surface area (Å²) in [6.07, 6.45) is 6.81. The normalized spacial score (nSPS) is 13.8. The number of aryl methyl sites for hydroxylation is 2. The smallest absolute Gasteiger partial charge is 0.251 e. The summed E-state index contributed by atoms with van der Waals surface area (Å²) in [5, 5.41) is 20.0. The van der Waals surface area contributed by atoms with Gasteiger partial charge in [0.25, 0.3) is 5.91 Å². The SMILES string of the molecule is O=C(CC(Cc1ccc2c(c1)CCCC2)n1cc(CNC(=O)c2ccc(F)cc2)nn1)NO. The molecule has 172 valence electrons. The molecule has 0 fully saturated rings. The number of carbonyl (C=O) groups is 2. The lowest BCUT2D eigenvalue weighted by Crippen LogP contribution is -2.25. The molecule has 1 unspecified atom stereocenters. The van der Waals surface area contributed by atoms with Gasteiger partial charge >= 0.3 is 0 Å². The molecule has 0 bridgehead atoms. The lowest BCUT2D eigenvalue weighted by molar-refractivity contribution is -0.130. The summed E-state index contributed by atoms with van der Waals surface area (Å²) in [7, 11) is 0. The Labute approximate surface area is 190 Å². The Kier molecular flexibility index (Phi) is 7.09. The second kappa shape index (κ2) is 10.4. The summed E-state index contributed by atoms with van der Waals surface area (Å²) < 4.78 is 14.6. The van der Waals surface area contributed by atoms with Gasteiger partial charge in [-0.25, -0.2) is 14.6 Å². The summed E-state index contributed by atoms with van der Waals surface area (Å²) in [6.45, 7) is 0.133. The van der Waals surface area contributed by atoms with Gasteiger partial charge in [-0.1, -0.05) is 23.4 Å². The number of hydrogen-bond donors (Lipinski definition) is 3. The van der Waals surface area contributed by atoms with E-state index in [0.717, 1.165) is 18.4 Å². The van der Waals surface area contributed by atoms with Crippen LogP contribution < -0.4 is 10.8 Å². The van der Waals surface area contributed by atoms with Crippen molar-refractivity contribution in [2.75, 3.05) is 0 Å². The zero-order valence-electron chi connectivity index (χ0n) is 18.1. The fourth-order valence-electron chi connectivity index (χ4n) is 4.15. The van der Waals surface area contributed by atoms with E-state index in [0.29, 0.717) is 17.7 Å². The second-order valence-electron chi connectivity index (χ2n) is 8.29. The molecule has 33 heavy (non-hydrogen) atoms. The lowest BCUT2D eigenvalue weighted by atomic mass is 9.89. The van der Waals surface area contributed by atoms with Crippen molar-refractivity contribution in [2.24, 2.45) is 0 Å². The number of amides is 2. The van der Waals surface area contributed by atoms with Crippen molar-refractivity contribution in [1.82, 2.24) is 25.8 Å². The van der Waals surface area contributed by atoms with Gasteiger partial charge in [0.1, 0.15) is 11.5 Å². The lowest BCUT2D eigenvalue weighted by Gasteiger charge is -2.19. The van der Waals surface area contributed by atoms with Gasteiger partial charge in [0.05, 0.1) is 25.2 Å². The van der Waals surface area contributed by atoms with Crippen LogP contribution in [0.2, 0.25) is 0 Å². The van der Waals surface area contributed by atoms with Crippen molar-refractivity contribution in [3.05, 3.63) is 82.4 Å². The molecule has 0 saturated carbocycles. The largest absolute Gasteiger partial charge is 0.346 e. The highest BCUT2D eigenvalue weighted by molar-refractivity contribution is 5.94.